The first kappa shape index (κ1) is 35.3. The van der Waals surface area contributed by atoms with Crippen molar-refractivity contribution in [3.8, 4) is 16.9 Å². The molecule has 2 aromatic heterocycles. The van der Waals surface area contributed by atoms with E-state index in [1.54, 1.807) is 47.7 Å². The number of alkyl halides is 1. The standard InChI is InChI=1S/C30H34Cl2F2N4O8/c1-16(24-19(31)8-9-20(33)25(24)32)42-23-10-17(18-12-36-37(13-18)22-15-41-14-21(22)34)11-35-26(23)38(27(39)43-45-29(2,3)4)28(40)44-46-30(5,6)7/h8-13,16,21-22H,14-15H2,1-7H3/t16-,21?,22?/m1/s1. The third-order valence-electron chi connectivity index (χ3n) is 6.18. The summed E-state index contributed by atoms with van der Waals surface area (Å²) in [5, 5.41) is 4.07. The summed E-state index contributed by atoms with van der Waals surface area (Å²) >= 11 is 12.6. The average Bonchev–Trinajstić information content (AvgIpc) is 3.62. The van der Waals surface area contributed by atoms with Gasteiger partial charge in [0.15, 0.2) is 11.6 Å². The molecule has 0 bridgehead atoms. The molecule has 3 heterocycles. The fraction of sp³-hybridized carbons (Fsp3) is 0.467. The summed E-state index contributed by atoms with van der Waals surface area (Å²) in [5.41, 5.74) is -0.937. The summed E-state index contributed by atoms with van der Waals surface area (Å²) in [6, 6.07) is 3.21. The maximum absolute atomic E-state index is 14.4. The van der Waals surface area contributed by atoms with Crippen molar-refractivity contribution < 1.29 is 47.4 Å². The molecule has 0 spiro atoms. The Morgan fingerprint density at radius 2 is 1.65 bits per heavy atom. The molecule has 1 aromatic carbocycles. The van der Waals surface area contributed by atoms with Crippen LogP contribution in [0.1, 0.15) is 66.2 Å². The summed E-state index contributed by atoms with van der Waals surface area (Å²) in [4.78, 5) is 51.5. The third-order valence-corrected chi connectivity index (χ3v) is 6.90. The van der Waals surface area contributed by atoms with Crippen LogP contribution >= 0.6 is 23.2 Å². The number of benzene rings is 1. The van der Waals surface area contributed by atoms with Gasteiger partial charge in [0.05, 0.1) is 24.4 Å². The van der Waals surface area contributed by atoms with Crippen molar-refractivity contribution in [2.45, 2.75) is 78.0 Å². The number of aromatic nitrogens is 3. The van der Waals surface area contributed by atoms with Crippen LogP contribution in [0.15, 0.2) is 36.8 Å². The lowest BCUT2D eigenvalue weighted by Gasteiger charge is -2.25. The number of hydrogen-bond donors (Lipinski definition) is 0. The van der Waals surface area contributed by atoms with E-state index >= 15 is 0 Å². The Morgan fingerprint density at radius 3 is 2.22 bits per heavy atom. The summed E-state index contributed by atoms with van der Waals surface area (Å²) in [7, 11) is 0. The fourth-order valence-electron chi connectivity index (χ4n) is 4.09. The molecule has 2 amide bonds. The number of nitrogens with zero attached hydrogens (tertiary/aromatic N) is 4. The molecule has 1 aliphatic rings. The van der Waals surface area contributed by atoms with Crippen molar-refractivity contribution in [2.24, 2.45) is 0 Å². The lowest BCUT2D eigenvalue weighted by molar-refractivity contribution is -0.305. The second-order valence-electron chi connectivity index (χ2n) is 12.3. The highest BCUT2D eigenvalue weighted by Gasteiger charge is 2.36. The van der Waals surface area contributed by atoms with Gasteiger partial charge in [-0.1, -0.05) is 23.2 Å². The fourth-order valence-corrected chi connectivity index (χ4v) is 4.76. The lowest BCUT2D eigenvalue weighted by atomic mass is 10.1. The van der Waals surface area contributed by atoms with Gasteiger partial charge in [0.1, 0.15) is 35.3 Å². The van der Waals surface area contributed by atoms with Crippen LogP contribution in [0.2, 0.25) is 10.0 Å². The number of anilines is 1. The van der Waals surface area contributed by atoms with Gasteiger partial charge in [-0.25, -0.2) is 23.4 Å². The van der Waals surface area contributed by atoms with Crippen LogP contribution in [0.25, 0.3) is 11.1 Å². The topological polar surface area (TPSA) is 123 Å². The highest BCUT2D eigenvalue weighted by atomic mass is 35.5. The monoisotopic (exact) mass is 686 g/mol. The largest absolute Gasteiger partial charge is 0.482 e. The van der Waals surface area contributed by atoms with Crippen LogP contribution in [0.3, 0.4) is 0 Å². The van der Waals surface area contributed by atoms with Crippen LogP contribution in [0, 0.1) is 5.82 Å². The lowest BCUT2D eigenvalue weighted by Crippen LogP contribution is -2.41. The summed E-state index contributed by atoms with van der Waals surface area (Å²) in [6.07, 6.45) is -0.612. The van der Waals surface area contributed by atoms with E-state index < -0.39 is 53.3 Å². The van der Waals surface area contributed by atoms with E-state index in [-0.39, 0.29) is 34.6 Å². The molecule has 3 atom stereocenters. The smallest absolute Gasteiger partial charge is 0.456 e. The predicted molar refractivity (Wildman–Crippen MR) is 163 cm³/mol. The van der Waals surface area contributed by atoms with Crippen molar-refractivity contribution in [3.05, 3.63) is 58.2 Å². The molecule has 46 heavy (non-hydrogen) atoms. The van der Waals surface area contributed by atoms with Gasteiger partial charge in [-0.3, -0.25) is 14.5 Å². The Hall–Kier alpha value is -3.56. The molecule has 0 aliphatic carbocycles. The van der Waals surface area contributed by atoms with Gasteiger partial charge in [0, 0.05) is 34.1 Å². The molecule has 250 valence electrons. The van der Waals surface area contributed by atoms with Crippen molar-refractivity contribution in [1.29, 1.82) is 0 Å². The molecular weight excluding hydrogens is 653 g/mol. The Morgan fingerprint density at radius 1 is 1.02 bits per heavy atom. The number of amides is 2. The molecule has 2 unspecified atom stereocenters. The molecule has 3 aromatic rings. The minimum atomic E-state index is -1.35. The van der Waals surface area contributed by atoms with Crippen molar-refractivity contribution in [1.82, 2.24) is 14.8 Å². The first-order valence-corrected chi connectivity index (χ1v) is 14.9. The Kier molecular flexibility index (Phi) is 10.8. The molecule has 1 saturated heterocycles. The molecule has 0 saturated carbocycles. The van der Waals surface area contributed by atoms with E-state index in [0.717, 1.165) is 6.07 Å². The second kappa shape index (κ2) is 14.1. The highest BCUT2D eigenvalue weighted by Crippen LogP contribution is 2.39. The number of ether oxygens (including phenoxy) is 2. The number of imide groups is 1. The molecule has 0 radical (unpaired) electrons. The van der Waals surface area contributed by atoms with Crippen molar-refractivity contribution in [3.63, 3.8) is 0 Å². The van der Waals surface area contributed by atoms with Crippen LogP contribution < -0.4 is 9.64 Å². The van der Waals surface area contributed by atoms with Gasteiger partial charge in [0.25, 0.3) is 0 Å². The van der Waals surface area contributed by atoms with Gasteiger partial charge in [-0.05, 0) is 66.7 Å². The third kappa shape index (κ3) is 8.62. The zero-order valence-corrected chi connectivity index (χ0v) is 27.7. The second-order valence-corrected chi connectivity index (χ2v) is 13.1. The molecule has 4 rings (SSSR count). The van der Waals surface area contributed by atoms with Gasteiger partial charge in [-0.2, -0.15) is 19.8 Å². The zero-order valence-electron chi connectivity index (χ0n) is 26.2. The summed E-state index contributed by atoms with van der Waals surface area (Å²) in [5.74, 6) is -1.35. The highest BCUT2D eigenvalue weighted by molar-refractivity contribution is 6.36. The maximum Gasteiger partial charge on any atom is 0.456 e. The number of carbonyl (C=O) groups excluding carboxylic acids is 2. The van der Waals surface area contributed by atoms with Crippen molar-refractivity contribution >= 4 is 41.2 Å². The predicted octanol–water partition coefficient (Wildman–Crippen LogP) is 7.98. The number of pyridine rings is 1. The van der Waals surface area contributed by atoms with Gasteiger partial charge in [0.2, 0.25) is 0 Å². The van der Waals surface area contributed by atoms with E-state index in [1.165, 1.54) is 36.1 Å². The molecule has 1 fully saturated rings. The molecule has 0 N–H and O–H groups in total. The molecule has 1 aliphatic heterocycles. The van der Waals surface area contributed by atoms with Crippen LogP contribution in [0.4, 0.5) is 24.2 Å². The summed E-state index contributed by atoms with van der Waals surface area (Å²) in [6.45, 7) is 11.3. The van der Waals surface area contributed by atoms with Crippen LogP contribution in [-0.4, -0.2) is 57.5 Å². The van der Waals surface area contributed by atoms with Gasteiger partial charge >= 0.3 is 12.2 Å². The quantitative estimate of drug-likeness (QED) is 0.131. The van der Waals surface area contributed by atoms with E-state index in [0.29, 0.717) is 16.0 Å². The first-order valence-electron chi connectivity index (χ1n) is 14.1. The molecular formula is C30H34Cl2F2N4O8. The SMILES string of the molecule is C[C@@H](Oc1cc(-c2cnn(C3COCC3F)c2)cnc1N(C(=O)OOC(C)(C)C)C(=O)OOC(C)(C)C)c1c(Cl)ccc(F)c1Cl. The van der Waals surface area contributed by atoms with Gasteiger partial charge < -0.3 is 9.47 Å². The van der Waals surface area contributed by atoms with Crippen LogP contribution in [-0.2, 0) is 24.3 Å². The normalized spacial score (nSPS) is 17.5. The maximum atomic E-state index is 14.4. The van der Waals surface area contributed by atoms with E-state index in [2.05, 4.69) is 10.1 Å². The number of rotatable bonds is 8. The van der Waals surface area contributed by atoms with E-state index in [9.17, 15) is 18.4 Å². The Bertz CT molecular complexity index is 1550. The number of halogens is 4. The number of carbonyl (C=O) groups is 2. The summed E-state index contributed by atoms with van der Waals surface area (Å²) < 4.78 is 41.6. The van der Waals surface area contributed by atoms with Gasteiger partial charge in [-0.15, -0.1) is 0 Å². The van der Waals surface area contributed by atoms with E-state index in [4.69, 9.17) is 52.2 Å². The Balaban J connectivity index is 1.80. The minimum Gasteiger partial charge on any atom is -0.482 e. The minimum absolute atomic E-state index is 0.0446. The average molecular weight is 688 g/mol. The Labute approximate surface area is 274 Å². The molecule has 16 heteroatoms. The van der Waals surface area contributed by atoms with Crippen LogP contribution in [0.5, 0.6) is 5.75 Å². The number of hydrogen-bond acceptors (Lipinski definition) is 10. The zero-order chi connectivity index (χ0) is 34.0. The molecule has 12 nitrogen and oxygen atoms in total. The first-order chi connectivity index (χ1) is 21.4. The van der Waals surface area contributed by atoms with E-state index in [1.807, 2.05) is 0 Å². The van der Waals surface area contributed by atoms with Crippen molar-refractivity contribution in [2.75, 3.05) is 18.1 Å².